The number of anilines is 2. The molecule has 1 heterocycles. The standard InChI is InChI=1S/C29H42N4O10/c1-36-22-16-20(17-23(37-2)26(22)40-5)30-28(34)42-14-12-32-8-7-9-33(11-10-32)13-15-43-29(35)31-21-18-24(38-3)27(41-6)25(19-21)39-4/h16-19H,7-15H2,1-6H3,(H,30,34)(H,31,35). The first-order valence-electron chi connectivity index (χ1n) is 13.8. The molecule has 2 aromatic carbocycles. The number of ether oxygens (including phenoxy) is 8. The van der Waals surface area contributed by atoms with E-state index in [0.29, 0.717) is 59.0 Å². The Kier molecular flexibility index (Phi) is 13.1. The summed E-state index contributed by atoms with van der Waals surface area (Å²) >= 11 is 0. The number of methoxy groups -OCH3 is 6. The van der Waals surface area contributed by atoms with Crippen LogP contribution in [0.15, 0.2) is 24.3 Å². The van der Waals surface area contributed by atoms with Crippen molar-refractivity contribution in [2.75, 3.05) is 106 Å². The Hall–Kier alpha value is -4.30. The summed E-state index contributed by atoms with van der Waals surface area (Å²) in [6, 6.07) is 6.53. The van der Waals surface area contributed by atoms with E-state index in [0.717, 1.165) is 32.6 Å². The number of amides is 2. The van der Waals surface area contributed by atoms with Crippen molar-refractivity contribution in [2.24, 2.45) is 0 Å². The molecular formula is C29H42N4O10. The number of carbonyl (C=O) groups is 2. The van der Waals surface area contributed by atoms with E-state index < -0.39 is 12.2 Å². The summed E-state index contributed by atoms with van der Waals surface area (Å²) in [7, 11) is 9.04. The molecule has 0 aliphatic carbocycles. The number of hydrogen-bond acceptors (Lipinski definition) is 12. The third-order valence-electron chi connectivity index (χ3n) is 6.78. The van der Waals surface area contributed by atoms with Crippen molar-refractivity contribution in [3.8, 4) is 34.5 Å². The maximum absolute atomic E-state index is 12.4. The lowest BCUT2D eigenvalue weighted by molar-refractivity contribution is 0.133. The topological polar surface area (TPSA) is 139 Å². The molecule has 0 spiro atoms. The zero-order valence-electron chi connectivity index (χ0n) is 25.7. The number of nitrogens with one attached hydrogen (secondary N) is 2. The highest BCUT2D eigenvalue weighted by atomic mass is 16.6. The molecule has 0 aromatic heterocycles. The van der Waals surface area contributed by atoms with Gasteiger partial charge in [-0.3, -0.25) is 20.4 Å². The van der Waals surface area contributed by atoms with E-state index in [9.17, 15) is 9.59 Å². The second-order valence-corrected chi connectivity index (χ2v) is 9.39. The first kappa shape index (κ1) is 33.2. The van der Waals surface area contributed by atoms with Crippen molar-refractivity contribution < 1.29 is 47.5 Å². The summed E-state index contributed by atoms with van der Waals surface area (Å²) in [4.78, 5) is 29.2. The van der Waals surface area contributed by atoms with Crippen LogP contribution in [0.3, 0.4) is 0 Å². The van der Waals surface area contributed by atoms with Crippen LogP contribution < -0.4 is 39.1 Å². The van der Waals surface area contributed by atoms with Crippen molar-refractivity contribution in [1.82, 2.24) is 9.80 Å². The van der Waals surface area contributed by atoms with Crippen molar-refractivity contribution in [3.05, 3.63) is 24.3 Å². The van der Waals surface area contributed by atoms with Crippen molar-refractivity contribution in [3.63, 3.8) is 0 Å². The number of nitrogens with zero attached hydrogens (tertiary/aromatic N) is 2. The van der Waals surface area contributed by atoms with Crippen LogP contribution in [0.1, 0.15) is 6.42 Å². The van der Waals surface area contributed by atoms with Gasteiger partial charge >= 0.3 is 12.2 Å². The van der Waals surface area contributed by atoms with Crippen LogP contribution in [0.5, 0.6) is 34.5 Å². The van der Waals surface area contributed by atoms with Crippen molar-refractivity contribution in [2.45, 2.75) is 6.42 Å². The molecule has 1 saturated heterocycles. The number of carbonyl (C=O) groups excluding carboxylic acids is 2. The van der Waals surface area contributed by atoms with E-state index in [1.807, 2.05) is 0 Å². The molecule has 0 saturated carbocycles. The Bertz CT molecular complexity index is 1070. The highest BCUT2D eigenvalue weighted by Gasteiger charge is 2.18. The Morgan fingerprint density at radius 3 is 1.23 bits per heavy atom. The van der Waals surface area contributed by atoms with E-state index in [-0.39, 0.29) is 13.2 Å². The Morgan fingerprint density at radius 1 is 0.581 bits per heavy atom. The van der Waals surface area contributed by atoms with Gasteiger partial charge in [0.1, 0.15) is 13.2 Å². The molecule has 3 rings (SSSR count). The zero-order valence-corrected chi connectivity index (χ0v) is 25.7. The van der Waals surface area contributed by atoms with Gasteiger partial charge in [-0.05, 0) is 19.5 Å². The molecule has 14 heteroatoms. The summed E-state index contributed by atoms with van der Waals surface area (Å²) in [5, 5.41) is 5.39. The molecule has 43 heavy (non-hydrogen) atoms. The molecule has 2 amide bonds. The molecule has 1 aliphatic rings. The second kappa shape index (κ2) is 17.0. The van der Waals surface area contributed by atoms with Gasteiger partial charge in [-0.25, -0.2) is 9.59 Å². The summed E-state index contributed by atoms with van der Waals surface area (Å²) in [6.07, 6.45) is -0.213. The fourth-order valence-corrected chi connectivity index (χ4v) is 4.62. The third kappa shape index (κ3) is 9.61. The molecule has 1 fully saturated rings. The Labute approximate surface area is 252 Å². The highest BCUT2D eigenvalue weighted by molar-refractivity contribution is 5.86. The number of hydrogen-bond donors (Lipinski definition) is 2. The number of benzene rings is 2. The molecule has 1 aliphatic heterocycles. The zero-order chi connectivity index (χ0) is 31.2. The van der Waals surface area contributed by atoms with E-state index >= 15 is 0 Å². The lowest BCUT2D eigenvalue weighted by Gasteiger charge is -2.21. The second-order valence-electron chi connectivity index (χ2n) is 9.39. The van der Waals surface area contributed by atoms with Crippen LogP contribution in [0.25, 0.3) is 0 Å². The first-order valence-corrected chi connectivity index (χ1v) is 13.8. The van der Waals surface area contributed by atoms with E-state index in [4.69, 9.17) is 37.9 Å². The summed E-state index contributed by atoms with van der Waals surface area (Å²) in [5.74, 6) is 2.58. The normalized spacial score (nSPS) is 13.7. The highest BCUT2D eigenvalue weighted by Crippen LogP contribution is 2.41. The fourth-order valence-electron chi connectivity index (χ4n) is 4.62. The van der Waals surface area contributed by atoms with Gasteiger partial charge in [0, 0.05) is 50.4 Å². The molecule has 0 bridgehead atoms. The van der Waals surface area contributed by atoms with Gasteiger partial charge in [0.05, 0.1) is 54.0 Å². The maximum Gasteiger partial charge on any atom is 0.411 e. The summed E-state index contributed by atoms with van der Waals surface area (Å²) < 4.78 is 42.7. The van der Waals surface area contributed by atoms with Gasteiger partial charge in [-0.15, -0.1) is 0 Å². The van der Waals surface area contributed by atoms with Gasteiger partial charge in [0.25, 0.3) is 0 Å². The minimum atomic E-state index is -0.576. The van der Waals surface area contributed by atoms with Crippen LogP contribution >= 0.6 is 0 Å². The van der Waals surface area contributed by atoms with E-state index in [1.54, 1.807) is 24.3 Å². The fraction of sp³-hybridized carbons (Fsp3) is 0.517. The van der Waals surface area contributed by atoms with Crippen LogP contribution in [0.4, 0.5) is 21.0 Å². The molecule has 0 unspecified atom stereocenters. The molecule has 238 valence electrons. The predicted molar refractivity (Wildman–Crippen MR) is 160 cm³/mol. The predicted octanol–water partition coefficient (Wildman–Crippen LogP) is 3.54. The van der Waals surface area contributed by atoms with Crippen LogP contribution in [0, 0.1) is 0 Å². The van der Waals surface area contributed by atoms with Crippen molar-refractivity contribution in [1.29, 1.82) is 0 Å². The van der Waals surface area contributed by atoms with Gasteiger partial charge in [-0.2, -0.15) is 0 Å². The van der Waals surface area contributed by atoms with E-state index in [1.165, 1.54) is 42.7 Å². The third-order valence-corrected chi connectivity index (χ3v) is 6.78. The molecule has 2 aromatic rings. The quantitative estimate of drug-likeness (QED) is 0.325. The lowest BCUT2D eigenvalue weighted by atomic mass is 10.2. The van der Waals surface area contributed by atoms with Gasteiger partial charge < -0.3 is 37.9 Å². The summed E-state index contributed by atoms with van der Waals surface area (Å²) in [6.45, 7) is 5.02. The molecule has 0 radical (unpaired) electrons. The maximum atomic E-state index is 12.4. The van der Waals surface area contributed by atoms with Crippen LogP contribution in [-0.2, 0) is 9.47 Å². The number of rotatable bonds is 14. The van der Waals surface area contributed by atoms with Crippen LogP contribution in [0.2, 0.25) is 0 Å². The van der Waals surface area contributed by atoms with Gasteiger partial charge in [-0.1, -0.05) is 0 Å². The largest absolute Gasteiger partial charge is 0.493 e. The smallest absolute Gasteiger partial charge is 0.411 e. The Morgan fingerprint density at radius 2 is 0.930 bits per heavy atom. The molecule has 2 N–H and O–H groups in total. The molecular weight excluding hydrogens is 564 g/mol. The summed E-state index contributed by atoms with van der Waals surface area (Å²) in [5.41, 5.74) is 0.925. The van der Waals surface area contributed by atoms with Gasteiger partial charge in [0.15, 0.2) is 23.0 Å². The average molecular weight is 607 g/mol. The lowest BCUT2D eigenvalue weighted by Crippen LogP contribution is -2.35. The minimum Gasteiger partial charge on any atom is -0.493 e. The molecule has 14 nitrogen and oxygen atoms in total. The van der Waals surface area contributed by atoms with Crippen molar-refractivity contribution >= 4 is 23.6 Å². The monoisotopic (exact) mass is 606 g/mol. The minimum absolute atomic E-state index is 0.237. The van der Waals surface area contributed by atoms with Crippen LogP contribution in [-0.4, -0.2) is 117 Å². The first-order chi connectivity index (χ1) is 20.8. The average Bonchev–Trinajstić information content (AvgIpc) is 3.24. The van der Waals surface area contributed by atoms with Gasteiger partial charge in [0.2, 0.25) is 11.5 Å². The molecule has 0 atom stereocenters. The SMILES string of the molecule is COc1cc(NC(=O)OCCN2CCCN(CCOC(=O)Nc3cc(OC)c(OC)c(OC)c3)CC2)cc(OC)c1OC. The van der Waals surface area contributed by atoms with E-state index in [2.05, 4.69) is 20.4 Å². The Balaban J connectivity index is 1.37.